The lowest BCUT2D eigenvalue weighted by Gasteiger charge is -2.37. The summed E-state index contributed by atoms with van der Waals surface area (Å²) in [7, 11) is 0. The van der Waals surface area contributed by atoms with Crippen molar-refractivity contribution in [2.45, 2.75) is 37.8 Å². The van der Waals surface area contributed by atoms with Gasteiger partial charge in [0.15, 0.2) is 0 Å². The summed E-state index contributed by atoms with van der Waals surface area (Å²) in [5.74, 6) is 0.243. The van der Waals surface area contributed by atoms with Crippen LogP contribution in [0.15, 0.2) is 48.7 Å². The van der Waals surface area contributed by atoms with Crippen LogP contribution in [0.5, 0.6) is 0 Å². The van der Waals surface area contributed by atoms with Crippen LogP contribution in [0.3, 0.4) is 0 Å². The lowest BCUT2D eigenvalue weighted by Crippen LogP contribution is -2.41. The van der Waals surface area contributed by atoms with E-state index >= 15 is 0 Å². The number of thiazole rings is 1. The number of benzene rings is 1. The van der Waals surface area contributed by atoms with Crippen LogP contribution in [0.2, 0.25) is 0 Å². The number of amides is 1. The third kappa shape index (κ3) is 3.76. The van der Waals surface area contributed by atoms with Gasteiger partial charge in [-0.1, -0.05) is 18.2 Å². The molecule has 1 amide bonds. The summed E-state index contributed by atoms with van der Waals surface area (Å²) in [6, 6.07) is 13.6. The second-order valence-corrected chi connectivity index (χ2v) is 7.88. The molecule has 1 unspecified atom stereocenters. The predicted molar refractivity (Wildman–Crippen MR) is 102 cm³/mol. The highest BCUT2D eigenvalue weighted by Crippen LogP contribution is 2.37. The highest BCUT2D eigenvalue weighted by atomic mass is 32.1. The van der Waals surface area contributed by atoms with Gasteiger partial charge in [-0.15, -0.1) is 11.3 Å². The van der Waals surface area contributed by atoms with Crippen LogP contribution in [-0.2, 0) is 11.2 Å². The Morgan fingerprint density at radius 1 is 1.23 bits per heavy atom. The Hall–Kier alpha value is -2.31. The molecule has 4 rings (SSSR count). The number of aliphatic hydroxyl groups is 1. The van der Waals surface area contributed by atoms with Crippen molar-refractivity contribution in [3.63, 3.8) is 0 Å². The minimum atomic E-state index is -0.258. The van der Waals surface area contributed by atoms with Gasteiger partial charge in [0.1, 0.15) is 0 Å². The van der Waals surface area contributed by atoms with E-state index in [9.17, 15) is 9.90 Å². The molecule has 0 saturated heterocycles. The quantitative estimate of drug-likeness (QED) is 0.701. The minimum absolute atomic E-state index is 0.00120. The zero-order chi connectivity index (χ0) is 17.9. The van der Waals surface area contributed by atoms with E-state index in [0.29, 0.717) is 25.7 Å². The van der Waals surface area contributed by atoms with E-state index in [4.69, 9.17) is 0 Å². The van der Waals surface area contributed by atoms with Crippen LogP contribution in [0, 0.1) is 5.92 Å². The maximum absolute atomic E-state index is 12.5. The first-order valence-electron chi connectivity index (χ1n) is 8.92. The van der Waals surface area contributed by atoms with Gasteiger partial charge in [0.2, 0.25) is 5.91 Å². The van der Waals surface area contributed by atoms with Crippen molar-refractivity contribution < 1.29 is 9.90 Å². The Labute approximate surface area is 156 Å². The molecular formula is C20H21N3O2S. The molecule has 1 atom stereocenters. The van der Waals surface area contributed by atoms with E-state index < -0.39 is 0 Å². The predicted octanol–water partition coefficient (Wildman–Crippen LogP) is 3.25. The van der Waals surface area contributed by atoms with E-state index in [0.717, 1.165) is 20.9 Å². The van der Waals surface area contributed by atoms with E-state index in [1.54, 1.807) is 17.5 Å². The van der Waals surface area contributed by atoms with Crippen LogP contribution in [0.25, 0.3) is 10.2 Å². The van der Waals surface area contributed by atoms with Crippen molar-refractivity contribution >= 4 is 27.5 Å². The van der Waals surface area contributed by atoms with Crippen molar-refractivity contribution in [3.8, 4) is 0 Å². The van der Waals surface area contributed by atoms with Crippen LogP contribution in [-0.4, -0.2) is 27.1 Å². The van der Waals surface area contributed by atoms with E-state index in [2.05, 4.69) is 21.4 Å². The Bertz CT molecular complexity index is 857. The molecule has 2 aromatic heterocycles. The summed E-state index contributed by atoms with van der Waals surface area (Å²) in [4.78, 5) is 21.5. The van der Waals surface area contributed by atoms with Crippen molar-refractivity contribution in [2.24, 2.45) is 5.92 Å². The van der Waals surface area contributed by atoms with Gasteiger partial charge in [-0.2, -0.15) is 0 Å². The number of hydrogen-bond acceptors (Lipinski definition) is 5. The molecule has 2 heterocycles. The lowest BCUT2D eigenvalue weighted by molar-refractivity contribution is -0.123. The molecular weight excluding hydrogens is 346 g/mol. The van der Waals surface area contributed by atoms with Gasteiger partial charge in [-0.3, -0.25) is 9.78 Å². The molecule has 1 aliphatic carbocycles. The number of aryl methyl sites for hydroxylation is 1. The monoisotopic (exact) mass is 367 g/mol. The number of nitrogens with zero attached hydrogens (tertiary/aromatic N) is 2. The van der Waals surface area contributed by atoms with Gasteiger partial charge < -0.3 is 10.4 Å². The first-order valence-corrected chi connectivity index (χ1v) is 9.73. The Balaban J connectivity index is 1.40. The van der Waals surface area contributed by atoms with Gasteiger partial charge >= 0.3 is 0 Å². The number of carbonyl (C=O) groups is 1. The zero-order valence-corrected chi connectivity index (χ0v) is 15.2. The van der Waals surface area contributed by atoms with Crippen LogP contribution < -0.4 is 5.32 Å². The molecule has 0 bridgehead atoms. The summed E-state index contributed by atoms with van der Waals surface area (Å²) >= 11 is 1.64. The third-order valence-corrected chi connectivity index (χ3v) is 5.94. The standard InChI is InChI=1S/C20H21N3O2S/c24-14-11-13(12-14)20(16-6-3-4-10-21-16)23-18(25)8-9-19-22-15-5-1-2-7-17(15)26-19/h1-7,10,13-14,20,24H,8-9,11-12H2,(H,23,25). The molecule has 1 aliphatic rings. The van der Waals surface area contributed by atoms with Crippen LogP contribution in [0.1, 0.15) is 36.0 Å². The van der Waals surface area contributed by atoms with E-state index in [1.165, 1.54) is 0 Å². The summed E-state index contributed by atoms with van der Waals surface area (Å²) in [6.45, 7) is 0. The number of para-hydroxylation sites is 1. The first-order chi connectivity index (χ1) is 12.7. The first kappa shape index (κ1) is 17.1. The maximum Gasteiger partial charge on any atom is 0.220 e. The van der Waals surface area contributed by atoms with Crippen molar-refractivity contribution in [1.82, 2.24) is 15.3 Å². The fourth-order valence-corrected chi connectivity index (χ4v) is 4.36. The molecule has 1 fully saturated rings. The number of pyridine rings is 1. The molecule has 0 spiro atoms. The normalized spacial score (nSPS) is 20.5. The van der Waals surface area contributed by atoms with E-state index in [1.807, 2.05) is 36.4 Å². The molecule has 1 saturated carbocycles. The highest BCUT2D eigenvalue weighted by Gasteiger charge is 2.36. The SMILES string of the molecule is O=C(CCc1nc2ccccc2s1)NC(c1ccccn1)C1CC(O)C1. The Kier molecular flexibility index (Phi) is 4.95. The van der Waals surface area contributed by atoms with Crippen LogP contribution >= 0.6 is 11.3 Å². The summed E-state index contributed by atoms with van der Waals surface area (Å²) in [5.41, 5.74) is 1.85. The molecule has 6 heteroatoms. The number of fused-ring (bicyclic) bond motifs is 1. The van der Waals surface area contributed by atoms with Gasteiger partial charge in [0.05, 0.1) is 33.1 Å². The van der Waals surface area contributed by atoms with Gasteiger partial charge in [-0.25, -0.2) is 4.98 Å². The molecule has 2 N–H and O–H groups in total. The van der Waals surface area contributed by atoms with Crippen molar-refractivity contribution in [2.75, 3.05) is 0 Å². The number of hydrogen-bond donors (Lipinski definition) is 2. The fraction of sp³-hybridized carbons (Fsp3) is 0.350. The van der Waals surface area contributed by atoms with Gasteiger partial charge in [0.25, 0.3) is 0 Å². The van der Waals surface area contributed by atoms with Crippen molar-refractivity contribution in [3.05, 3.63) is 59.4 Å². The largest absolute Gasteiger partial charge is 0.393 e. The molecule has 0 aliphatic heterocycles. The summed E-state index contributed by atoms with van der Waals surface area (Å²) in [5, 5.41) is 13.7. The fourth-order valence-electron chi connectivity index (χ4n) is 3.39. The third-order valence-electron chi connectivity index (χ3n) is 4.85. The summed E-state index contributed by atoms with van der Waals surface area (Å²) < 4.78 is 1.15. The van der Waals surface area contributed by atoms with E-state index in [-0.39, 0.29) is 24.0 Å². The second kappa shape index (κ2) is 7.51. The topological polar surface area (TPSA) is 75.1 Å². The average Bonchev–Trinajstić information content (AvgIpc) is 3.06. The molecule has 1 aromatic carbocycles. The molecule has 3 aromatic rings. The molecule has 134 valence electrons. The number of aromatic nitrogens is 2. The number of aliphatic hydroxyl groups excluding tert-OH is 1. The van der Waals surface area contributed by atoms with Crippen molar-refractivity contribution in [1.29, 1.82) is 0 Å². The molecule has 26 heavy (non-hydrogen) atoms. The number of carbonyl (C=O) groups excluding carboxylic acids is 1. The lowest BCUT2D eigenvalue weighted by atomic mass is 9.76. The molecule has 0 radical (unpaired) electrons. The smallest absolute Gasteiger partial charge is 0.220 e. The average molecular weight is 367 g/mol. The highest BCUT2D eigenvalue weighted by molar-refractivity contribution is 7.18. The summed E-state index contributed by atoms with van der Waals surface area (Å²) in [6.07, 6.45) is 3.93. The number of rotatable bonds is 6. The maximum atomic E-state index is 12.5. The van der Waals surface area contributed by atoms with Gasteiger partial charge in [-0.05, 0) is 43.0 Å². The Morgan fingerprint density at radius 2 is 2.04 bits per heavy atom. The van der Waals surface area contributed by atoms with Crippen LogP contribution in [0.4, 0.5) is 0 Å². The Morgan fingerprint density at radius 3 is 2.77 bits per heavy atom. The zero-order valence-electron chi connectivity index (χ0n) is 14.3. The molecule has 5 nitrogen and oxygen atoms in total. The van der Waals surface area contributed by atoms with Gasteiger partial charge in [0, 0.05) is 19.0 Å². The number of nitrogens with one attached hydrogen (secondary N) is 1. The minimum Gasteiger partial charge on any atom is -0.393 e. The second-order valence-electron chi connectivity index (χ2n) is 6.76.